The Morgan fingerprint density at radius 3 is 3.05 bits per heavy atom. The number of benzene rings is 1. The van der Waals surface area contributed by atoms with Gasteiger partial charge in [0.25, 0.3) is 0 Å². The molecule has 0 bridgehead atoms. The molecule has 1 atom stereocenters. The molecule has 4 heteroatoms. The van der Waals surface area contributed by atoms with Crippen LogP contribution < -0.4 is 5.32 Å². The van der Waals surface area contributed by atoms with Crippen LogP contribution in [0.25, 0.3) is 0 Å². The molecular weight excluding hydrogens is 266 g/mol. The van der Waals surface area contributed by atoms with Gasteiger partial charge in [-0.05, 0) is 17.7 Å². The van der Waals surface area contributed by atoms with Crippen LogP contribution in [-0.4, -0.2) is 21.6 Å². The van der Waals surface area contributed by atoms with Gasteiger partial charge in [0.15, 0.2) is 0 Å². The van der Waals surface area contributed by atoms with E-state index >= 15 is 0 Å². The average Bonchev–Trinajstić information content (AvgIpc) is 3.05. The van der Waals surface area contributed by atoms with Crippen LogP contribution in [0.5, 0.6) is 0 Å². The smallest absolute Gasteiger partial charge is 0.0522 e. The van der Waals surface area contributed by atoms with Crippen molar-refractivity contribution < 1.29 is 0 Å². The van der Waals surface area contributed by atoms with Crippen LogP contribution in [0.3, 0.4) is 0 Å². The summed E-state index contributed by atoms with van der Waals surface area (Å²) in [5.41, 5.74) is 2.75. The van der Waals surface area contributed by atoms with Crippen molar-refractivity contribution in [2.24, 2.45) is 0 Å². The third kappa shape index (κ3) is 2.91. The highest BCUT2D eigenvalue weighted by molar-refractivity contribution is 7.99. The first-order chi connectivity index (χ1) is 9.74. The van der Waals surface area contributed by atoms with E-state index in [1.807, 2.05) is 18.0 Å². The van der Waals surface area contributed by atoms with E-state index in [9.17, 15) is 0 Å². The molecule has 1 unspecified atom stereocenters. The van der Waals surface area contributed by atoms with Crippen molar-refractivity contribution in [2.45, 2.75) is 43.8 Å². The number of aromatic nitrogens is 2. The number of nitrogens with one attached hydrogen (secondary N) is 1. The van der Waals surface area contributed by atoms with Crippen molar-refractivity contribution in [2.75, 3.05) is 5.75 Å². The van der Waals surface area contributed by atoms with Crippen LogP contribution >= 0.6 is 11.8 Å². The molecule has 1 aromatic heterocycles. The number of hydrogen-bond acceptors (Lipinski definition) is 3. The van der Waals surface area contributed by atoms with Crippen LogP contribution in [0.2, 0.25) is 0 Å². The van der Waals surface area contributed by atoms with E-state index in [0.717, 1.165) is 18.8 Å². The Morgan fingerprint density at radius 1 is 1.35 bits per heavy atom. The highest BCUT2D eigenvalue weighted by Crippen LogP contribution is 2.40. The zero-order chi connectivity index (χ0) is 13.9. The summed E-state index contributed by atoms with van der Waals surface area (Å²) in [6.07, 6.45) is 1.91. The molecule has 0 saturated heterocycles. The predicted molar refractivity (Wildman–Crippen MR) is 84.1 cm³/mol. The number of thioether (sulfide) groups is 1. The Balaban J connectivity index is 1.72. The summed E-state index contributed by atoms with van der Waals surface area (Å²) in [6.45, 7) is 6.21. The van der Waals surface area contributed by atoms with E-state index in [4.69, 9.17) is 0 Å². The molecule has 2 heterocycles. The fourth-order valence-electron chi connectivity index (χ4n) is 2.57. The van der Waals surface area contributed by atoms with Gasteiger partial charge in [-0.2, -0.15) is 5.10 Å². The number of nitrogens with zero attached hydrogens (tertiary/aromatic N) is 2. The third-order valence-corrected chi connectivity index (χ3v) is 4.94. The second-order valence-corrected chi connectivity index (χ2v) is 6.65. The fraction of sp³-hybridized carbons (Fsp3) is 0.438. The van der Waals surface area contributed by atoms with E-state index < -0.39 is 0 Å². The van der Waals surface area contributed by atoms with E-state index in [0.29, 0.717) is 12.0 Å². The van der Waals surface area contributed by atoms with Crippen LogP contribution in [0.4, 0.5) is 0 Å². The lowest BCUT2D eigenvalue weighted by atomic mass is 10.0. The maximum atomic E-state index is 4.50. The molecule has 1 N–H and O–H groups in total. The molecule has 0 amide bonds. The maximum Gasteiger partial charge on any atom is 0.0522 e. The van der Waals surface area contributed by atoms with E-state index in [1.165, 1.54) is 16.2 Å². The summed E-state index contributed by atoms with van der Waals surface area (Å²) < 4.78 is 2.16. The monoisotopic (exact) mass is 287 g/mol. The van der Waals surface area contributed by atoms with Crippen molar-refractivity contribution in [1.29, 1.82) is 0 Å². The minimum Gasteiger partial charge on any atom is -0.309 e. The van der Waals surface area contributed by atoms with Crippen LogP contribution in [0.15, 0.2) is 41.4 Å². The van der Waals surface area contributed by atoms with Gasteiger partial charge in [-0.15, -0.1) is 11.8 Å². The Bertz CT molecular complexity index is 577. The molecular formula is C16H21N3S. The van der Waals surface area contributed by atoms with Gasteiger partial charge < -0.3 is 5.32 Å². The van der Waals surface area contributed by atoms with E-state index in [-0.39, 0.29) is 0 Å². The molecule has 0 saturated carbocycles. The van der Waals surface area contributed by atoms with Crippen molar-refractivity contribution in [3.05, 3.63) is 47.8 Å². The quantitative estimate of drug-likeness (QED) is 0.915. The molecule has 20 heavy (non-hydrogen) atoms. The number of fused-ring (bicyclic) bond motifs is 1. The lowest BCUT2D eigenvalue weighted by Gasteiger charge is -2.15. The topological polar surface area (TPSA) is 29.9 Å². The molecule has 3 rings (SSSR count). The largest absolute Gasteiger partial charge is 0.309 e. The lowest BCUT2D eigenvalue weighted by Crippen LogP contribution is -2.24. The van der Waals surface area contributed by atoms with Crippen molar-refractivity contribution in [1.82, 2.24) is 15.1 Å². The molecule has 1 aliphatic heterocycles. The fourth-order valence-corrected chi connectivity index (χ4v) is 3.81. The van der Waals surface area contributed by atoms with Gasteiger partial charge in [-0.3, -0.25) is 4.68 Å². The summed E-state index contributed by atoms with van der Waals surface area (Å²) in [5, 5.41) is 7.96. The maximum absolute atomic E-state index is 4.50. The van der Waals surface area contributed by atoms with Gasteiger partial charge in [-0.1, -0.05) is 32.0 Å². The van der Waals surface area contributed by atoms with Crippen LogP contribution in [-0.2, 0) is 13.1 Å². The van der Waals surface area contributed by atoms with Crippen LogP contribution in [0, 0.1) is 0 Å². The summed E-state index contributed by atoms with van der Waals surface area (Å²) in [5.74, 6) is 1.74. The van der Waals surface area contributed by atoms with Crippen molar-refractivity contribution in [3.63, 3.8) is 0 Å². The SMILES string of the molecule is CC(C)NCc1ccnn1CC1CSc2ccccc21. The number of rotatable bonds is 5. The van der Waals surface area contributed by atoms with Crippen LogP contribution in [0.1, 0.15) is 31.0 Å². The molecule has 1 aliphatic rings. The molecule has 1 aromatic carbocycles. The molecule has 2 aromatic rings. The highest BCUT2D eigenvalue weighted by Gasteiger charge is 2.23. The Labute approximate surface area is 124 Å². The standard InChI is InChI=1S/C16H21N3S/c1-12(2)17-9-14-7-8-18-19(14)10-13-11-20-16-6-4-3-5-15(13)16/h3-8,12-13,17H,9-11H2,1-2H3. The first kappa shape index (κ1) is 13.7. The first-order valence-corrected chi connectivity index (χ1v) is 8.18. The highest BCUT2D eigenvalue weighted by atomic mass is 32.2. The van der Waals surface area contributed by atoms with E-state index in [2.05, 4.69) is 59.3 Å². The minimum atomic E-state index is 0.501. The average molecular weight is 287 g/mol. The predicted octanol–water partition coefficient (Wildman–Crippen LogP) is 3.27. The second-order valence-electron chi connectivity index (χ2n) is 5.59. The summed E-state index contributed by atoms with van der Waals surface area (Å²) in [7, 11) is 0. The van der Waals surface area contributed by atoms with Gasteiger partial charge in [0.2, 0.25) is 0 Å². The Hall–Kier alpha value is -1.26. The molecule has 0 radical (unpaired) electrons. The van der Waals surface area contributed by atoms with Gasteiger partial charge in [-0.25, -0.2) is 0 Å². The lowest BCUT2D eigenvalue weighted by molar-refractivity contribution is 0.499. The third-order valence-electron chi connectivity index (χ3n) is 3.69. The molecule has 3 nitrogen and oxygen atoms in total. The van der Waals surface area contributed by atoms with Crippen molar-refractivity contribution in [3.8, 4) is 0 Å². The number of hydrogen-bond donors (Lipinski definition) is 1. The molecule has 0 aliphatic carbocycles. The summed E-state index contributed by atoms with van der Waals surface area (Å²) in [4.78, 5) is 1.44. The summed E-state index contributed by atoms with van der Waals surface area (Å²) in [6, 6.07) is 11.4. The normalized spacial score (nSPS) is 17.6. The van der Waals surface area contributed by atoms with Gasteiger partial charge >= 0.3 is 0 Å². The van der Waals surface area contributed by atoms with Crippen molar-refractivity contribution >= 4 is 11.8 Å². The zero-order valence-corrected chi connectivity index (χ0v) is 12.9. The van der Waals surface area contributed by atoms with Gasteiger partial charge in [0.1, 0.15) is 0 Å². The molecule has 0 spiro atoms. The zero-order valence-electron chi connectivity index (χ0n) is 12.0. The van der Waals surface area contributed by atoms with Gasteiger partial charge in [0.05, 0.1) is 5.69 Å². The second kappa shape index (κ2) is 6.02. The first-order valence-electron chi connectivity index (χ1n) is 7.20. The van der Waals surface area contributed by atoms with Gasteiger partial charge in [0, 0.05) is 41.9 Å². The minimum absolute atomic E-state index is 0.501. The Kier molecular flexibility index (Phi) is 4.13. The molecule has 0 fully saturated rings. The summed E-state index contributed by atoms with van der Waals surface area (Å²) >= 11 is 1.97. The Morgan fingerprint density at radius 2 is 2.20 bits per heavy atom. The van der Waals surface area contributed by atoms with E-state index in [1.54, 1.807) is 0 Å². The molecule has 106 valence electrons.